The van der Waals surface area contributed by atoms with E-state index in [2.05, 4.69) is 14.9 Å². The normalized spacial score (nSPS) is 18.2. The van der Waals surface area contributed by atoms with Gasteiger partial charge in [0.05, 0.1) is 19.3 Å². The molecule has 134 valence electrons. The monoisotopic (exact) mass is 362 g/mol. The quantitative estimate of drug-likeness (QED) is 0.900. The van der Waals surface area contributed by atoms with Crippen LogP contribution < -0.4 is 10.6 Å². The van der Waals surface area contributed by atoms with E-state index in [-0.39, 0.29) is 12.0 Å². The number of ether oxygens (including phenoxy) is 2. The molecule has 2 aromatic rings. The number of halogens is 1. The molecule has 0 aliphatic carbocycles. The van der Waals surface area contributed by atoms with Gasteiger partial charge in [0.1, 0.15) is 5.82 Å². The fraction of sp³-hybridized carbons (Fsp3) is 0.444. The number of nitrogens with zero attached hydrogens (tertiary/aromatic N) is 3. The van der Waals surface area contributed by atoms with Crippen LogP contribution in [0, 0.1) is 6.92 Å². The molecule has 1 atom stereocenters. The van der Waals surface area contributed by atoms with E-state index in [1.165, 1.54) is 0 Å². The average molecular weight is 363 g/mol. The molecule has 3 rings (SSSR count). The molecule has 1 aromatic carbocycles. The van der Waals surface area contributed by atoms with E-state index in [1.54, 1.807) is 7.11 Å². The van der Waals surface area contributed by atoms with E-state index in [4.69, 9.17) is 26.8 Å². The molecule has 6 nitrogen and oxygen atoms in total. The summed E-state index contributed by atoms with van der Waals surface area (Å²) in [5, 5.41) is 0.703. The summed E-state index contributed by atoms with van der Waals surface area (Å²) in [7, 11) is 1.67. The van der Waals surface area contributed by atoms with Crippen molar-refractivity contribution < 1.29 is 9.47 Å². The predicted octanol–water partition coefficient (Wildman–Crippen LogP) is 3.14. The smallest absolute Gasteiger partial charge is 0.222 e. The predicted molar refractivity (Wildman–Crippen MR) is 98.9 cm³/mol. The zero-order valence-corrected chi connectivity index (χ0v) is 15.3. The van der Waals surface area contributed by atoms with Gasteiger partial charge in [0.2, 0.25) is 5.95 Å². The third-order valence-corrected chi connectivity index (χ3v) is 4.55. The lowest BCUT2D eigenvalue weighted by Crippen LogP contribution is -2.32. The minimum absolute atomic E-state index is 0.0275. The molecule has 0 radical (unpaired) electrons. The second kappa shape index (κ2) is 7.99. The van der Waals surface area contributed by atoms with E-state index in [9.17, 15) is 0 Å². The maximum absolute atomic E-state index is 6.57. The Labute approximate surface area is 152 Å². The van der Waals surface area contributed by atoms with E-state index in [0.29, 0.717) is 24.8 Å². The number of anilines is 2. The Kier molecular flexibility index (Phi) is 5.73. The van der Waals surface area contributed by atoms with Crippen molar-refractivity contribution in [2.24, 2.45) is 0 Å². The highest BCUT2D eigenvalue weighted by atomic mass is 35.5. The molecule has 7 heteroatoms. The van der Waals surface area contributed by atoms with E-state index in [1.807, 2.05) is 31.2 Å². The molecule has 0 bridgehead atoms. The van der Waals surface area contributed by atoms with Gasteiger partial charge in [0.15, 0.2) is 0 Å². The number of nitrogen functional groups attached to an aromatic ring is 1. The second-order valence-corrected chi connectivity index (χ2v) is 6.56. The van der Waals surface area contributed by atoms with Crippen LogP contribution in [0.15, 0.2) is 24.3 Å². The molecule has 1 aromatic heterocycles. The highest BCUT2D eigenvalue weighted by molar-refractivity contribution is 6.31. The molecule has 1 saturated heterocycles. The summed E-state index contributed by atoms with van der Waals surface area (Å²) < 4.78 is 11.0. The Hall–Kier alpha value is -1.89. The van der Waals surface area contributed by atoms with Crippen LogP contribution >= 0.6 is 11.6 Å². The molecule has 0 spiro atoms. The molecule has 1 aliphatic rings. The topological polar surface area (TPSA) is 73.5 Å². The fourth-order valence-corrected chi connectivity index (χ4v) is 3.46. The van der Waals surface area contributed by atoms with Crippen molar-refractivity contribution >= 4 is 23.4 Å². The van der Waals surface area contributed by atoms with E-state index >= 15 is 0 Å². The van der Waals surface area contributed by atoms with Gasteiger partial charge in [0, 0.05) is 37.0 Å². The van der Waals surface area contributed by atoms with Crippen LogP contribution in [0.1, 0.15) is 29.3 Å². The molecule has 1 fully saturated rings. The molecule has 0 saturated carbocycles. The first-order valence-electron chi connectivity index (χ1n) is 8.31. The van der Waals surface area contributed by atoms with Crippen molar-refractivity contribution in [3.8, 4) is 0 Å². The van der Waals surface area contributed by atoms with Crippen molar-refractivity contribution in [2.45, 2.75) is 26.0 Å². The zero-order chi connectivity index (χ0) is 17.8. The number of rotatable bonds is 4. The summed E-state index contributed by atoms with van der Waals surface area (Å²) in [6.07, 6.45) is 0.916. The molecule has 0 amide bonds. The number of nitrogens with two attached hydrogens (primary N) is 1. The second-order valence-electron chi connectivity index (χ2n) is 6.15. The number of aromatic nitrogens is 2. The third kappa shape index (κ3) is 4.21. The number of benzene rings is 1. The van der Waals surface area contributed by atoms with Gasteiger partial charge in [-0.3, -0.25) is 0 Å². The molecule has 1 aliphatic heterocycles. The number of methoxy groups -OCH3 is 1. The Balaban J connectivity index is 1.98. The van der Waals surface area contributed by atoms with Crippen LogP contribution in [0.25, 0.3) is 0 Å². The Morgan fingerprint density at radius 1 is 1.36 bits per heavy atom. The van der Waals surface area contributed by atoms with Gasteiger partial charge in [-0.1, -0.05) is 23.7 Å². The van der Waals surface area contributed by atoms with Crippen LogP contribution in [0.3, 0.4) is 0 Å². The Morgan fingerprint density at radius 2 is 2.20 bits per heavy atom. The molecular weight excluding hydrogens is 340 g/mol. The van der Waals surface area contributed by atoms with Gasteiger partial charge in [-0.25, -0.2) is 4.98 Å². The first-order chi connectivity index (χ1) is 12.1. The first kappa shape index (κ1) is 17.9. The van der Waals surface area contributed by atoms with Crippen molar-refractivity contribution in [3.05, 3.63) is 46.1 Å². The van der Waals surface area contributed by atoms with Crippen LogP contribution in [0.5, 0.6) is 0 Å². The maximum Gasteiger partial charge on any atom is 0.222 e. The summed E-state index contributed by atoms with van der Waals surface area (Å²) >= 11 is 6.57. The fourth-order valence-electron chi connectivity index (χ4n) is 3.13. The van der Waals surface area contributed by atoms with E-state index < -0.39 is 0 Å². The zero-order valence-electron chi connectivity index (χ0n) is 14.5. The van der Waals surface area contributed by atoms with Gasteiger partial charge < -0.3 is 20.1 Å². The summed E-state index contributed by atoms with van der Waals surface area (Å²) in [5.41, 5.74) is 8.75. The highest BCUT2D eigenvalue weighted by Crippen LogP contribution is 2.33. The lowest BCUT2D eigenvalue weighted by Gasteiger charge is -2.31. The molecule has 25 heavy (non-hydrogen) atoms. The molecule has 2 heterocycles. The molecular formula is C18H23ClN4O2. The van der Waals surface area contributed by atoms with Crippen molar-refractivity contribution in [3.63, 3.8) is 0 Å². The SMILES string of the molecule is COCc1ccc([C@@H]2COCCCN2c2cc(C)nc(N)n2)c(Cl)c1. The summed E-state index contributed by atoms with van der Waals surface area (Å²) in [4.78, 5) is 10.8. The standard InChI is InChI=1S/C18H23ClN4O2/c1-12-8-17(22-18(20)21-12)23-6-3-7-25-11-16(23)14-5-4-13(10-24-2)9-15(14)19/h4-5,8-9,16H,3,6-7,10-11H2,1-2H3,(H2,20,21,22)/t16-/m0/s1. The van der Waals surface area contributed by atoms with Gasteiger partial charge in [-0.05, 0) is 30.5 Å². The van der Waals surface area contributed by atoms with Gasteiger partial charge in [0.25, 0.3) is 0 Å². The van der Waals surface area contributed by atoms with Gasteiger partial charge in [-0.2, -0.15) is 4.98 Å². The number of hydrogen-bond acceptors (Lipinski definition) is 6. The minimum Gasteiger partial charge on any atom is -0.380 e. The van der Waals surface area contributed by atoms with Crippen LogP contribution in [-0.4, -0.2) is 36.8 Å². The van der Waals surface area contributed by atoms with Gasteiger partial charge in [-0.15, -0.1) is 0 Å². The van der Waals surface area contributed by atoms with Crippen molar-refractivity contribution in [1.82, 2.24) is 9.97 Å². The van der Waals surface area contributed by atoms with Crippen molar-refractivity contribution in [2.75, 3.05) is 37.5 Å². The Morgan fingerprint density at radius 3 is 2.92 bits per heavy atom. The summed E-state index contributed by atoms with van der Waals surface area (Å²) in [5.74, 6) is 1.08. The van der Waals surface area contributed by atoms with Crippen molar-refractivity contribution in [1.29, 1.82) is 0 Å². The maximum atomic E-state index is 6.57. The number of aryl methyl sites for hydroxylation is 1. The lowest BCUT2D eigenvalue weighted by molar-refractivity contribution is 0.134. The van der Waals surface area contributed by atoms with E-state index in [0.717, 1.165) is 35.6 Å². The molecule has 0 unspecified atom stereocenters. The molecule has 2 N–H and O–H groups in total. The van der Waals surface area contributed by atoms with Gasteiger partial charge >= 0.3 is 0 Å². The largest absolute Gasteiger partial charge is 0.380 e. The summed E-state index contributed by atoms with van der Waals surface area (Å²) in [6.45, 7) is 4.53. The average Bonchev–Trinajstić information content (AvgIpc) is 2.80. The minimum atomic E-state index is -0.0275. The summed E-state index contributed by atoms with van der Waals surface area (Å²) in [6, 6.07) is 7.94. The van der Waals surface area contributed by atoms with Crippen LogP contribution in [-0.2, 0) is 16.1 Å². The highest BCUT2D eigenvalue weighted by Gasteiger charge is 2.27. The van der Waals surface area contributed by atoms with Crippen LogP contribution in [0.2, 0.25) is 5.02 Å². The lowest BCUT2D eigenvalue weighted by atomic mass is 10.0. The Bertz CT molecular complexity index is 721. The third-order valence-electron chi connectivity index (χ3n) is 4.23. The van der Waals surface area contributed by atoms with Crippen LogP contribution in [0.4, 0.5) is 11.8 Å². The first-order valence-corrected chi connectivity index (χ1v) is 8.69. The number of hydrogen-bond donors (Lipinski definition) is 1.